The van der Waals surface area contributed by atoms with Gasteiger partial charge in [0.25, 0.3) is 5.91 Å². The molecule has 3 N–H and O–H groups in total. The molecule has 0 bridgehead atoms. The number of nitrogens with zero attached hydrogens (tertiary/aromatic N) is 1. The maximum absolute atomic E-state index is 12.2. The van der Waals surface area contributed by atoms with E-state index in [1.54, 1.807) is 17.0 Å². The number of aryl methyl sites for hydroxylation is 1. The van der Waals surface area contributed by atoms with Gasteiger partial charge in [0, 0.05) is 18.8 Å². The van der Waals surface area contributed by atoms with Crippen molar-refractivity contribution >= 4 is 11.6 Å². The number of β-amino-alcohol motifs (C(OH)–C–C–N with tert-alkyl or cyclic N) is 1. The molecule has 0 aromatic heterocycles. The third kappa shape index (κ3) is 2.58. The van der Waals surface area contributed by atoms with Crippen LogP contribution in [0.15, 0.2) is 18.2 Å². The molecule has 4 heteroatoms. The zero-order chi connectivity index (χ0) is 12.4. The molecule has 1 amide bonds. The summed E-state index contributed by atoms with van der Waals surface area (Å²) in [6.07, 6.45) is 1.21. The minimum Gasteiger partial charge on any atom is -0.398 e. The molecule has 0 aliphatic carbocycles. The number of benzene rings is 1. The number of nitrogens with two attached hydrogens (primary N) is 1. The Morgan fingerprint density at radius 2 is 2.29 bits per heavy atom. The van der Waals surface area contributed by atoms with E-state index in [2.05, 4.69) is 0 Å². The summed E-state index contributed by atoms with van der Waals surface area (Å²) in [6.45, 7) is 3.05. The maximum atomic E-state index is 12.2. The molecule has 1 aromatic carbocycles. The van der Waals surface area contributed by atoms with Gasteiger partial charge in [-0.1, -0.05) is 6.07 Å². The quantitative estimate of drug-likeness (QED) is 0.717. The van der Waals surface area contributed by atoms with Crippen molar-refractivity contribution < 1.29 is 9.90 Å². The third-order valence-corrected chi connectivity index (χ3v) is 3.12. The van der Waals surface area contributed by atoms with Crippen molar-refractivity contribution in [2.75, 3.05) is 18.8 Å². The highest BCUT2D eigenvalue weighted by molar-refractivity contribution is 5.99. The summed E-state index contributed by atoms with van der Waals surface area (Å²) in [6, 6.07) is 5.44. The van der Waals surface area contributed by atoms with Crippen LogP contribution in [0.25, 0.3) is 0 Å². The van der Waals surface area contributed by atoms with Gasteiger partial charge in [-0.05, 0) is 37.5 Å². The van der Waals surface area contributed by atoms with Crippen LogP contribution in [-0.4, -0.2) is 35.1 Å². The Kier molecular flexibility index (Phi) is 3.33. The number of likely N-dealkylation sites (tertiary alicyclic amines) is 1. The standard InChI is InChI=1S/C13H18N2O2/c1-9-4-5-11(12(14)7-9)13(17)15-6-2-3-10(16)8-15/h4-5,7,10,16H,2-3,6,8,14H2,1H3. The largest absolute Gasteiger partial charge is 0.398 e. The number of aliphatic hydroxyl groups excluding tert-OH is 1. The van der Waals surface area contributed by atoms with Gasteiger partial charge in [0.2, 0.25) is 0 Å². The predicted octanol–water partition coefficient (Wildman–Crippen LogP) is 1.17. The minimum atomic E-state index is -0.403. The molecular formula is C13H18N2O2. The number of carbonyl (C=O) groups excluding carboxylic acids is 1. The summed E-state index contributed by atoms with van der Waals surface area (Å²) in [7, 11) is 0. The van der Waals surface area contributed by atoms with Crippen molar-refractivity contribution in [2.45, 2.75) is 25.9 Å². The first-order valence-corrected chi connectivity index (χ1v) is 5.91. The molecule has 1 aliphatic rings. The van der Waals surface area contributed by atoms with Crippen LogP contribution < -0.4 is 5.73 Å². The smallest absolute Gasteiger partial charge is 0.256 e. The fraction of sp³-hybridized carbons (Fsp3) is 0.462. The highest BCUT2D eigenvalue weighted by Crippen LogP contribution is 2.19. The first kappa shape index (κ1) is 11.9. The van der Waals surface area contributed by atoms with E-state index in [4.69, 9.17) is 5.73 Å². The van der Waals surface area contributed by atoms with Gasteiger partial charge in [0.1, 0.15) is 0 Å². The van der Waals surface area contributed by atoms with Crippen molar-refractivity contribution in [2.24, 2.45) is 0 Å². The Morgan fingerprint density at radius 3 is 2.94 bits per heavy atom. The molecule has 1 atom stereocenters. The molecule has 1 unspecified atom stereocenters. The van der Waals surface area contributed by atoms with Crippen molar-refractivity contribution in [3.63, 3.8) is 0 Å². The molecule has 92 valence electrons. The second-order valence-corrected chi connectivity index (χ2v) is 4.64. The summed E-state index contributed by atoms with van der Waals surface area (Å²) in [5, 5.41) is 9.56. The lowest BCUT2D eigenvalue weighted by Gasteiger charge is -2.30. The number of hydrogen-bond donors (Lipinski definition) is 2. The zero-order valence-corrected chi connectivity index (χ0v) is 10.0. The Labute approximate surface area is 101 Å². The van der Waals surface area contributed by atoms with Crippen LogP contribution in [0.2, 0.25) is 0 Å². The fourth-order valence-corrected chi connectivity index (χ4v) is 2.19. The van der Waals surface area contributed by atoms with E-state index >= 15 is 0 Å². The second-order valence-electron chi connectivity index (χ2n) is 4.64. The van der Waals surface area contributed by atoms with E-state index in [0.717, 1.165) is 18.4 Å². The first-order chi connectivity index (χ1) is 8.08. The molecule has 0 radical (unpaired) electrons. The average Bonchev–Trinajstić information content (AvgIpc) is 2.28. The van der Waals surface area contributed by atoms with Crippen molar-refractivity contribution in [1.29, 1.82) is 0 Å². The monoisotopic (exact) mass is 234 g/mol. The number of carbonyl (C=O) groups is 1. The molecule has 1 fully saturated rings. The number of piperidine rings is 1. The number of aliphatic hydroxyl groups is 1. The van der Waals surface area contributed by atoms with Crippen molar-refractivity contribution in [3.8, 4) is 0 Å². The zero-order valence-electron chi connectivity index (χ0n) is 10.0. The van der Waals surface area contributed by atoms with Gasteiger partial charge >= 0.3 is 0 Å². The molecule has 1 aliphatic heterocycles. The Hall–Kier alpha value is -1.55. The first-order valence-electron chi connectivity index (χ1n) is 5.91. The van der Waals surface area contributed by atoms with E-state index in [1.165, 1.54) is 0 Å². The van der Waals surface area contributed by atoms with Crippen LogP contribution in [0.4, 0.5) is 5.69 Å². The topological polar surface area (TPSA) is 66.6 Å². The molecule has 2 rings (SSSR count). The summed E-state index contributed by atoms with van der Waals surface area (Å²) in [4.78, 5) is 13.9. The third-order valence-electron chi connectivity index (χ3n) is 3.12. The maximum Gasteiger partial charge on any atom is 0.256 e. The second kappa shape index (κ2) is 4.75. The molecule has 1 saturated heterocycles. The lowest BCUT2D eigenvalue weighted by molar-refractivity contribution is 0.0474. The summed E-state index contributed by atoms with van der Waals surface area (Å²) < 4.78 is 0. The Bertz CT molecular complexity index is 431. The van der Waals surface area contributed by atoms with Crippen LogP contribution in [0, 0.1) is 6.92 Å². The molecule has 4 nitrogen and oxygen atoms in total. The molecule has 0 spiro atoms. The van der Waals surface area contributed by atoms with Gasteiger partial charge in [-0.25, -0.2) is 0 Å². The summed E-state index contributed by atoms with van der Waals surface area (Å²) in [5.41, 5.74) is 7.93. The van der Waals surface area contributed by atoms with Crippen molar-refractivity contribution in [1.82, 2.24) is 4.90 Å². The van der Waals surface area contributed by atoms with Crippen LogP contribution in [0.5, 0.6) is 0 Å². The Morgan fingerprint density at radius 1 is 1.53 bits per heavy atom. The fourth-order valence-electron chi connectivity index (χ4n) is 2.19. The molecule has 0 saturated carbocycles. The molecular weight excluding hydrogens is 216 g/mol. The number of nitrogen functional groups attached to an aromatic ring is 1. The highest BCUT2D eigenvalue weighted by Gasteiger charge is 2.24. The van der Waals surface area contributed by atoms with Gasteiger partial charge in [-0.3, -0.25) is 4.79 Å². The number of amides is 1. The normalized spacial score (nSPS) is 20.4. The molecule has 1 aromatic rings. The van der Waals surface area contributed by atoms with Crippen LogP contribution in [0.3, 0.4) is 0 Å². The van der Waals surface area contributed by atoms with Gasteiger partial charge in [0.15, 0.2) is 0 Å². The van der Waals surface area contributed by atoms with Crippen molar-refractivity contribution in [3.05, 3.63) is 29.3 Å². The van der Waals surface area contributed by atoms with E-state index in [1.807, 2.05) is 13.0 Å². The number of hydrogen-bond acceptors (Lipinski definition) is 3. The van der Waals surface area contributed by atoms with Gasteiger partial charge in [-0.2, -0.15) is 0 Å². The SMILES string of the molecule is Cc1ccc(C(=O)N2CCCC(O)C2)c(N)c1. The van der Waals surface area contributed by atoms with E-state index in [-0.39, 0.29) is 5.91 Å². The number of anilines is 1. The van der Waals surface area contributed by atoms with Gasteiger partial charge < -0.3 is 15.7 Å². The van der Waals surface area contributed by atoms with Gasteiger partial charge in [0.05, 0.1) is 11.7 Å². The predicted molar refractivity (Wildman–Crippen MR) is 66.7 cm³/mol. The van der Waals surface area contributed by atoms with Crippen LogP contribution in [-0.2, 0) is 0 Å². The molecule has 17 heavy (non-hydrogen) atoms. The van der Waals surface area contributed by atoms with E-state index in [0.29, 0.717) is 24.3 Å². The van der Waals surface area contributed by atoms with Crippen LogP contribution in [0.1, 0.15) is 28.8 Å². The summed E-state index contributed by atoms with van der Waals surface area (Å²) >= 11 is 0. The van der Waals surface area contributed by atoms with E-state index < -0.39 is 6.10 Å². The summed E-state index contributed by atoms with van der Waals surface area (Å²) in [5.74, 6) is -0.0822. The van der Waals surface area contributed by atoms with E-state index in [9.17, 15) is 9.90 Å². The lowest BCUT2D eigenvalue weighted by Crippen LogP contribution is -2.42. The average molecular weight is 234 g/mol. The number of rotatable bonds is 1. The highest BCUT2D eigenvalue weighted by atomic mass is 16.3. The minimum absolute atomic E-state index is 0.0822. The Balaban J connectivity index is 2.18. The molecule has 1 heterocycles. The van der Waals surface area contributed by atoms with Gasteiger partial charge in [-0.15, -0.1) is 0 Å². The van der Waals surface area contributed by atoms with Crippen LogP contribution >= 0.6 is 0 Å². The lowest BCUT2D eigenvalue weighted by atomic mass is 10.0.